The second-order valence-corrected chi connectivity index (χ2v) is 8.67. The van der Waals surface area contributed by atoms with Crippen molar-refractivity contribution >= 4 is 11.8 Å². The minimum Gasteiger partial charge on any atom is -0.354 e. The first-order valence-electron chi connectivity index (χ1n) is 12.5. The van der Waals surface area contributed by atoms with Crippen molar-refractivity contribution in [2.45, 2.75) is 122 Å². The zero-order valence-electron chi connectivity index (χ0n) is 19.1. The number of hydrogen-bond acceptors (Lipinski definition) is 3. The number of hydrogen-bond donors (Lipinski definition) is 2. The number of likely N-dealkylation sites (tertiary alicyclic amines) is 1. The van der Waals surface area contributed by atoms with Crippen molar-refractivity contribution in [2.24, 2.45) is 5.73 Å². The topological polar surface area (TPSA) is 75.4 Å². The predicted octanol–water partition coefficient (Wildman–Crippen LogP) is 4.92. The number of nitrogens with two attached hydrogens (primary N) is 1. The van der Waals surface area contributed by atoms with Crippen LogP contribution >= 0.6 is 0 Å². The SMILES string of the molecule is CCCCCCCCCCCCC(=O)N1CCC[C@H]1C(=O)NCCCCCCN. The van der Waals surface area contributed by atoms with Crippen molar-refractivity contribution in [3.8, 4) is 0 Å². The maximum Gasteiger partial charge on any atom is 0.242 e. The molecule has 1 atom stereocenters. The maximum absolute atomic E-state index is 12.6. The third-order valence-electron chi connectivity index (χ3n) is 6.05. The van der Waals surface area contributed by atoms with Gasteiger partial charge in [-0.2, -0.15) is 0 Å². The van der Waals surface area contributed by atoms with E-state index in [0.717, 1.165) is 64.5 Å². The Labute approximate surface area is 179 Å². The Morgan fingerprint density at radius 2 is 1.45 bits per heavy atom. The van der Waals surface area contributed by atoms with Crippen LogP contribution in [0.2, 0.25) is 0 Å². The first-order valence-corrected chi connectivity index (χ1v) is 12.5. The molecule has 2 amide bonds. The minimum absolute atomic E-state index is 0.0396. The molecule has 0 bridgehead atoms. The summed E-state index contributed by atoms with van der Waals surface area (Å²) in [4.78, 5) is 26.9. The van der Waals surface area contributed by atoms with Crippen LogP contribution in [0.25, 0.3) is 0 Å². The van der Waals surface area contributed by atoms with Crippen LogP contribution in [0.5, 0.6) is 0 Å². The zero-order chi connectivity index (χ0) is 21.2. The summed E-state index contributed by atoms with van der Waals surface area (Å²) in [6, 6.07) is -0.241. The van der Waals surface area contributed by atoms with E-state index >= 15 is 0 Å². The summed E-state index contributed by atoms with van der Waals surface area (Å²) in [6.07, 6.45) is 19.3. The van der Waals surface area contributed by atoms with Crippen molar-refractivity contribution in [1.82, 2.24) is 10.2 Å². The Hall–Kier alpha value is -1.10. The molecule has 0 aromatic rings. The van der Waals surface area contributed by atoms with Gasteiger partial charge in [-0.3, -0.25) is 9.59 Å². The fourth-order valence-electron chi connectivity index (χ4n) is 4.20. The van der Waals surface area contributed by atoms with Gasteiger partial charge >= 0.3 is 0 Å². The van der Waals surface area contributed by atoms with Gasteiger partial charge in [0, 0.05) is 19.5 Å². The summed E-state index contributed by atoms with van der Waals surface area (Å²) >= 11 is 0. The molecular formula is C24H47N3O2. The Balaban J connectivity index is 2.09. The molecule has 0 aliphatic carbocycles. The van der Waals surface area contributed by atoms with Crippen LogP contribution in [0.15, 0.2) is 0 Å². The average molecular weight is 410 g/mol. The highest BCUT2D eigenvalue weighted by Gasteiger charge is 2.33. The third kappa shape index (κ3) is 12.2. The Morgan fingerprint density at radius 1 is 0.862 bits per heavy atom. The van der Waals surface area contributed by atoms with Gasteiger partial charge in [0.25, 0.3) is 0 Å². The third-order valence-corrected chi connectivity index (χ3v) is 6.05. The lowest BCUT2D eigenvalue weighted by atomic mass is 10.1. The van der Waals surface area contributed by atoms with Gasteiger partial charge in [0.2, 0.25) is 11.8 Å². The molecule has 170 valence electrons. The fraction of sp³-hybridized carbons (Fsp3) is 0.917. The number of carbonyl (C=O) groups excluding carboxylic acids is 2. The lowest BCUT2D eigenvalue weighted by Crippen LogP contribution is -2.46. The van der Waals surface area contributed by atoms with Gasteiger partial charge < -0.3 is 16.0 Å². The van der Waals surface area contributed by atoms with Gasteiger partial charge in [-0.05, 0) is 38.6 Å². The molecule has 0 saturated carbocycles. The number of unbranched alkanes of at least 4 members (excludes halogenated alkanes) is 12. The molecule has 29 heavy (non-hydrogen) atoms. The molecule has 5 nitrogen and oxygen atoms in total. The van der Waals surface area contributed by atoms with Crippen molar-refractivity contribution < 1.29 is 9.59 Å². The number of nitrogens with zero attached hydrogens (tertiary/aromatic N) is 1. The summed E-state index contributed by atoms with van der Waals surface area (Å²) < 4.78 is 0. The maximum atomic E-state index is 12.6. The van der Waals surface area contributed by atoms with Crippen molar-refractivity contribution in [2.75, 3.05) is 19.6 Å². The van der Waals surface area contributed by atoms with Crippen molar-refractivity contribution in [3.63, 3.8) is 0 Å². The summed E-state index contributed by atoms with van der Waals surface area (Å²) in [6.45, 7) is 4.44. The van der Waals surface area contributed by atoms with Gasteiger partial charge in [-0.15, -0.1) is 0 Å². The van der Waals surface area contributed by atoms with E-state index < -0.39 is 0 Å². The smallest absolute Gasteiger partial charge is 0.242 e. The Bertz CT molecular complexity index is 428. The normalized spacial score (nSPS) is 16.3. The van der Waals surface area contributed by atoms with Crippen LogP contribution in [-0.2, 0) is 9.59 Å². The molecular weight excluding hydrogens is 362 g/mol. The fourth-order valence-corrected chi connectivity index (χ4v) is 4.20. The standard InChI is InChI=1S/C24H47N3O2/c1-2-3-4-5-6-7-8-9-10-13-18-23(28)27-21-16-17-22(27)24(29)26-20-15-12-11-14-19-25/h22H,2-21,25H2,1H3,(H,26,29)/t22-/m0/s1. The van der Waals surface area contributed by atoms with Crippen LogP contribution in [0.3, 0.4) is 0 Å². The first kappa shape index (κ1) is 25.9. The van der Waals surface area contributed by atoms with Crippen LogP contribution < -0.4 is 11.1 Å². The van der Waals surface area contributed by atoms with Gasteiger partial charge in [0.1, 0.15) is 6.04 Å². The van der Waals surface area contributed by atoms with E-state index in [1.807, 2.05) is 4.90 Å². The Morgan fingerprint density at radius 3 is 2.10 bits per heavy atom. The number of carbonyl (C=O) groups is 2. The molecule has 0 radical (unpaired) electrons. The molecule has 1 saturated heterocycles. The van der Waals surface area contributed by atoms with E-state index in [1.165, 1.54) is 51.4 Å². The zero-order valence-corrected chi connectivity index (χ0v) is 19.1. The molecule has 1 aliphatic heterocycles. The second-order valence-electron chi connectivity index (χ2n) is 8.67. The molecule has 1 heterocycles. The second kappa shape index (κ2) is 17.7. The number of amides is 2. The van der Waals surface area contributed by atoms with Crippen LogP contribution in [0.4, 0.5) is 0 Å². The van der Waals surface area contributed by atoms with Gasteiger partial charge in [-0.25, -0.2) is 0 Å². The van der Waals surface area contributed by atoms with E-state index in [2.05, 4.69) is 12.2 Å². The quantitative estimate of drug-likeness (QED) is 0.315. The first-order chi connectivity index (χ1) is 14.2. The molecule has 0 unspecified atom stereocenters. The van der Waals surface area contributed by atoms with Crippen LogP contribution in [0.1, 0.15) is 116 Å². The van der Waals surface area contributed by atoms with Gasteiger partial charge in [0.15, 0.2) is 0 Å². The van der Waals surface area contributed by atoms with Gasteiger partial charge in [-0.1, -0.05) is 77.6 Å². The molecule has 5 heteroatoms. The highest BCUT2D eigenvalue weighted by Crippen LogP contribution is 2.20. The summed E-state index contributed by atoms with van der Waals surface area (Å²) in [5.74, 6) is 0.211. The number of rotatable bonds is 18. The van der Waals surface area contributed by atoms with Crippen molar-refractivity contribution in [3.05, 3.63) is 0 Å². The highest BCUT2D eigenvalue weighted by molar-refractivity contribution is 5.88. The monoisotopic (exact) mass is 409 g/mol. The van der Waals surface area contributed by atoms with E-state index in [0.29, 0.717) is 13.0 Å². The highest BCUT2D eigenvalue weighted by atomic mass is 16.2. The van der Waals surface area contributed by atoms with E-state index in [9.17, 15) is 9.59 Å². The lowest BCUT2D eigenvalue weighted by Gasteiger charge is -2.24. The number of nitrogens with one attached hydrogen (secondary N) is 1. The molecule has 1 aliphatic rings. The largest absolute Gasteiger partial charge is 0.354 e. The molecule has 0 aromatic heterocycles. The Kier molecular flexibility index (Phi) is 15.9. The molecule has 1 fully saturated rings. The predicted molar refractivity (Wildman–Crippen MR) is 122 cm³/mol. The molecule has 3 N–H and O–H groups in total. The van der Waals surface area contributed by atoms with Crippen LogP contribution in [0, 0.1) is 0 Å². The summed E-state index contributed by atoms with van der Waals surface area (Å²) in [5, 5.41) is 3.03. The van der Waals surface area contributed by atoms with E-state index in [-0.39, 0.29) is 17.9 Å². The van der Waals surface area contributed by atoms with Crippen LogP contribution in [-0.4, -0.2) is 42.4 Å². The summed E-state index contributed by atoms with van der Waals surface area (Å²) in [5.41, 5.74) is 5.50. The lowest BCUT2D eigenvalue weighted by molar-refractivity contribution is -0.138. The molecule has 1 rings (SSSR count). The molecule has 0 aromatic carbocycles. The average Bonchev–Trinajstić information content (AvgIpc) is 3.22. The summed E-state index contributed by atoms with van der Waals surface area (Å²) in [7, 11) is 0. The van der Waals surface area contributed by atoms with E-state index in [1.54, 1.807) is 0 Å². The van der Waals surface area contributed by atoms with Gasteiger partial charge in [0.05, 0.1) is 0 Å². The minimum atomic E-state index is -0.241. The molecule has 0 spiro atoms. The van der Waals surface area contributed by atoms with E-state index in [4.69, 9.17) is 5.73 Å². The van der Waals surface area contributed by atoms with Crippen molar-refractivity contribution in [1.29, 1.82) is 0 Å².